The van der Waals surface area contributed by atoms with Crippen molar-refractivity contribution in [2.24, 2.45) is 5.16 Å². The third kappa shape index (κ3) is 5.57. The van der Waals surface area contributed by atoms with E-state index in [2.05, 4.69) is 20.3 Å². The Kier molecular flexibility index (Phi) is 7.39. The first-order valence-electron chi connectivity index (χ1n) is 9.87. The van der Waals surface area contributed by atoms with Gasteiger partial charge in [-0.25, -0.2) is 33.7 Å². The van der Waals surface area contributed by atoms with Gasteiger partial charge in [-0.2, -0.15) is 8.42 Å². The molecule has 2 aliphatic heterocycles. The van der Waals surface area contributed by atoms with Crippen LogP contribution in [-0.4, -0.2) is 103 Å². The second-order valence-corrected chi connectivity index (χ2v) is 9.30. The molecule has 35 heavy (non-hydrogen) atoms. The van der Waals surface area contributed by atoms with Crippen LogP contribution < -0.4 is 20.5 Å². The third-order valence-electron chi connectivity index (χ3n) is 4.81. The van der Waals surface area contributed by atoms with Crippen LogP contribution in [0.3, 0.4) is 0 Å². The quantitative estimate of drug-likeness (QED) is 0.169. The summed E-state index contributed by atoms with van der Waals surface area (Å²) in [5.41, 5.74) is 5.38. The highest BCUT2D eigenvalue weighted by Gasteiger charge is 2.44. The number of nitrogens with one attached hydrogen (secondary N) is 3. The van der Waals surface area contributed by atoms with Crippen molar-refractivity contribution in [2.45, 2.75) is 13.0 Å². The second-order valence-electron chi connectivity index (χ2n) is 7.00. The Morgan fingerprint density at radius 1 is 1.23 bits per heavy atom. The Morgan fingerprint density at radius 3 is 2.40 bits per heavy atom. The maximum absolute atomic E-state index is 12.5. The van der Waals surface area contributed by atoms with E-state index in [1.807, 2.05) is 0 Å². The van der Waals surface area contributed by atoms with Crippen LogP contribution in [-0.2, 0) is 24.6 Å². The van der Waals surface area contributed by atoms with Crippen molar-refractivity contribution < 1.29 is 37.2 Å². The van der Waals surface area contributed by atoms with Crippen LogP contribution in [0.4, 0.5) is 19.5 Å². The highest BCUT2D eigenvalue weighted by atomic mass is 32.2. The molecule has 1 atom stereocenters. The fourth-order valence-corrected chi connectivity index (χ4v) is 4.34. The Hall–Kier alpha value is -4.00. The van der Waals surface area contributed by atoms with Gasteiger partial charge in [0.15, 0.2) is 10.8 Å². The number of likely N-dealkylation sites (N-methyl/N-ethyl adjacent to an activating group) is 1. The lowest BCUT2D eigenvalue weighted by molar-refractivity contribution is -0.141. The van der Waals surface area contributed by atoms with Gasteiger partial charge in [0.2, 0.25) is 0 Å². The molecule has 0 radical (unpaired) electrons. The molecule has 3 heterocycles. The van der Waals surface area contributed by atoms with Gasteiger partial charge in [-0.1, -0.05) is 5.16 Å². The molecular weight excluding hydrogens is 510 g/mol. The number of imide groups is 2. The van der Waals surface area contributed by atoms with Crippen LogP contribution in [0.2, 0.25) is 0 Å². The number of nitrogens with two attached hydrogens (primary N) is 1. The molecule has 2 aliphatic rings. The lowest BCUT2D eigenvalue weighted by atomic mass is 10.1. The molecule has 17 nitrogen and oxygen atoms in total. The van der Waals surface area contributed by atoms with E-state index in [4.69, 9.17) is 5.73 Å². The monoisotopic (exact) mass is 531 g/mol. The van der Waals surface area contributed by atoms with E-state index in [0.29, 0.717) is 16.3 Å². The number of urea groups is 3. The summed E-state index contributed by atoms with van der Waals surface area (Å²) in [6.45, 7) is 1.86. The van der Waals surface area contributed by atoms with E-state index in [1.165, 1.54) is 22.1 Å². The Bertz CT molecular complexity index is 1200. The Balaban J connectivity index is 1.54. The summed E-state index contributed by atoms with van der Waals surface area (Å²) < 4.78 is 27.3. The van der Waals surface area contributed by atoms with Gasteiger partial charge in [0.25, 0.3) is 11.8 Å². The number of thiazole rings is 1. The van der Waals surface area contributed by atoms with Gasteiger partial charge in [-0.05, 0) is 6.92 Å². The minimum absolute atomic E-state index is 0.0319. The lowest BCUT2D eigenvalue weighted by Gasteiger charge is -2.36. The maximum atomic E-state index is 12.5. The fraction of sp³-hybridized carbons (Fsp3) is 0.438. The summed E-state index contributed by atoms with van der Waals surface area (Å²) in [5.74, 6) is -1.76. The topological polar surface area (TPSA) is 226 Å². The average molecular weight is 532 g/mol. The first-order chi connectivity index (χ1) is 16.5. The zero-order chi connectivity index (χ0) is 25.9. The smallest absolute Gasteiger partial charge is 0.340 e. The number of carbonyl (C=O) groups excluding carboxylic acids is 5. The number of anilines is 1. The predicted molar refractivity (Wildman–Crippen MR) is 119 cm³/mol. The molecule has 2 saturated heterocycles. The molecule has 19 heteroatoms. The first kappa shape index (κ1) is 25.6. The highest BCUT2D eigenvalue weighted by molar-refractivity contribution is 7.88. The summed E-state index contributed by atoms with van der Waals surface area (Å²) in [6.07, 6.45) is 0. The number of oxime groups is 1. The van der Waals surface area contributed by atoms with Crippen LogP contribution in [0.25, 0.3) is 0 Å². The van der Waals surface area contributed by atoms with Gasteiger partial charge in [0, 0.05) is 25.0 Å². The first-order valence-corrected chi connectivity index (χ1v) is 12.2. The number of β-lactam (4-membered cyclic amide) rings is 1. The summed E-state index contributed by atoms with van der Waals surface area (Å²) in [4.78, 5) is 72.1. The summed E-state index contributed by atoms with van der Waals surface area (Å²) in [6, 6.07) is -4.45. The molecule has 3 rings (SSSR count). The number of hydrogen-bond acceptors (Lipinski definition) is 12. The van der Waals surface area contributed by atoms with E-state index in [9.17, 15) is 32.4 Å². The number of nitrogens with zero attached hydrogens (tertiary/aromatic N) is 5. The second kappa shape index (κ2) is 10.1. The van der Waals surface area contributed by atoms with Crippen molar-refractivity contribution >= 4 is 62.3 Å². The molecule has 0 spiro atoms. The van der Waals surface area contributed by atoms with Gasteiger partial charge < -0.3 is 20.8 Å². The van der Waals surface area contributed by atoms with E-state index in [1.54, 1.807) is 11.6 Å². The summed E-state index contributed by atoms with van der Waals surface area (Å²) in [5, 5.41) is 7.50. The molecule has 190 valence electrons. The molecule has 0 bridgehead atoms. The van der Waals surface area contributed by atoms with E-state index >= 15 is 0 Å². The number of amides is 8. The van der Waals surface area contributed by atoms with Crippen LogP contribution >= 0.6 is 11.3 Å². The molecule has 1 aromatic rings. The van der Waals surface area contributed by atoms with Gasteiger partial charge in [0.1, 0.15) is 18.8 Å². The molecule has 0 saturated carbocycles. The molecule has 0 unspecified atom stereocenters. The Labute approximate surface area is 202 Å². The normalized spacial score (nSPS) is 18.3. The standard InChI is InChI=1S/C16H21N9O8S2/c1-3-23-4-5-24(16(23)30)14(28)21-35(31,32)22-15(29)25-6-8(12(25)27)18-11(26)10(20-33-2)9-7-34-13(17)19-9/h7-8H,3-6H2,1-2H3,(H2,17,19)(H,18,26)(H,21,28)(H,22,29)/t8-/m0/s1. The number of carbonyl (C=O) groups is 5. The average Bonchev–Trinajstić information content (AvgIpc) is 3.38. The van der Waals surface area contributed by atoms with Crippen LogP contribution in [0.15, 0.2) is 10.5 Å². The van der Waals surface area contributed by atoms with E-state index in [-0.39, 0.29) is 36.2 Å². The number of rotatable bonds is 7. The lowest BCUT2D eigenvalue weighted by Crippen LogP contribution is -2.68. The molecule has 2 fully saturated rings. The van der Waals surface area contributed by atoms with Gasteiger partial charge in [-0.3, -0.25) is 14.5 Å². The van der Waals surface area contributed by atoms with Crippen molar-refractivity contribution in [3.63, 3.8) is 0 Å². The van der Waals surface area contributed by atoms with Crippen molar-refractivity contribution in [3.8, 4) is 0 Å². The summed E-state index contributed by atoms with van der Waals surface area (Å²) in [7, 11) is -3.56. The number of nitrogen functional groups attached to an aromatic ring is 1. The fourth-order valence-electron chi connectivity index (χ4n) is 3.07. The zero-order valence-electron chi connectivity index (χ0n) is 18.4. The third-order valence-corrected chi connectivity index (χ3v) is 6.37. The van der Waals surface area contributed by atoms with Crippen LogP contribution in [0, 0.1) is 0 Å². The SMILES string of the molecule is CCN1CCN(C(=O)NS(=O)(=O)NC(=O)N2C[C@H](NC(=O)C(=NOC)c3csc(N)n3)C2=O)C1=O. The van der Waals surface area contributed by atoms with Crippen LogP contribution in [0.5, 0.6) is 0 Å². The largest absolute Gasteiger partial charge is 0.398 e. The molecule has 5 N–H and O–H groups in total. The van der Waals surface area contributed by atoms with Crippen molar-refractivity contribution in [3.05, 3.63) is 11.1 Å². The molecule has 1 aromatic heterocycles. The number of likely N-dealkylation sites (tertiary alicyclic amines) is 1. The Morgan fingerprint density at radius 2 is 1.89 bits per heavy atom. The van der Waals surface area contributed by atoms with E-state index < -0.39 is 46.2 Å². The number of hydrogen-bond donors (Lipinski definition) is 4. The molecular formula is C16H21N9O8S2. The molecule has 8 amide bonds. The predicted octanol–water partition coefficient (Wildman–Crippen LogP) is -2.18. The minimum atomic E-state index is -4.75. The van der Waals surface area contributed by atoms with Crippen molar-refractivity contribution in [1.82, 2.24) is 34.4 Å². The highest BCUT2D eigenvalue weighted by Crippen LogP contribution is 2.15. The summed E-state index contributed by atoms with van der Waals surface area (Å²) >= 11 is 1.05. The van der Waals surface area contributed by atoms with E-state index in [0.717, 1.165) is 11.3 Å². The van der Waals surface area contributed by atoms with Crippen molar-refractivity contribution in [1.29, 1.82) is 0 Å². The zero-order valence-corrected chi connectivity index (χ0v) is 20.0. The maximum Gasteiger partial charge on any atom is 0.340 e. The van der Waals surface area contributed by atoms with Gasteiger partial charge in [-0.15, -0.1) is 11.3 Å². The van der Waals surface area contributed by atoms with Gasteiger partial charge >= 0.3 is 28.3 Å². The van der Waals surface area contributed by atoms with Crippen LogP contribution in [0.1, 0.15) is 12.6 Å². The number of aromatic nitrogens is 1. The molecule has 0 aromatic carbocycles. The molecule has 0 aliphatic carbocycles. The minimum Gasteiger partial charge on any atom is -0.398 e. The van der Waals surface area contributed by atoms with Crippen molar-refractivity contribution in [2.75, 3.05) is 39.0 Å². The van der Waals surface area contributed by atoms with Gasteiger partial charge in [0.05, 0.1) is 6.54 Å².